The first-order valence-corrected chi connectivity index (χ1v) is 11.2. The lowest BCUT2D eigenvalue weighted by Crippen LogP contribution is -2.24. The molecule has 172 valence electrons. The second-order valence-electron chi connectivity index (χ2n) is 6.96. The maximum atomic E-state index is 12.5. The van der Waals surface area contributed by atoms with Gasteiger partial charge in [-0.3, -0.25) is 9.59 Å². The van der Waals surface area contributed by atoms with Crippen molar-refractivity contribution in [2.45, 2.75) is 25.2 Å². The quantitative estimate of drug-likeness (QED) is 0.460. The van der Waals surface area contributed by atoms with Gasteiger partial charge in [0.2, 0.25) is 12.7 Å². The normalized spacial score (nSPS) is 11.8. The molecule has 0 fully saturated rings. The fourth-order valence-corrected chi connectivity index (χ4v) is 4.02. The van der Waals surface area contributed by atoms with Crippen molar-refractivity contribution < 1.29 is 23.8 Å². The molecule has 1 aromatic heterocycles. The molecule has 1 aliphatic rings. The lowest BCUT2D eigenvalue weighted by Gasteiger charge is -2.09. The second-order valence-corrected chi connectivity index (χ2v) is 7.91. The van der Waals surface area contributed by atoms with Crippen molar-refractivity contribution in [1.82, 2.24) is 20.1 Å². The molecule has 2 heterocycles. The Hall–Kier alpha value is -3.73. The van der Waals surface area contributed by atoms with Gasteiger partial charge in [-0.15, -0.1) is 10.2 Å². The molecule has 33 heavy (non-hydrogen) atoms. The smallest absolute Gasteiger partial charge is 0.251 e. The van der Waals surface area contributed by atoms with Crippen molar-refractivity contribution in [3.8, 4) is 17.2 Å². The summed E-state index contributed by atoms with van der Waals surface area (Å²) < 4.78 is 17.6. The number of amides is 2. The molecular weight excluding hydrogens is 446 g/mol. The molecule has 0 bridgehead atoms. The van der Waals surface area contributed by atoms with Gasteiger partial charge in [0.25, 0.3) is 5.91 Å². The van der Waals surface area contributed by atoms with E-state index in [9.17, 15) is 9.59 Å². The van der Waals surface area contributed by atoms with Crippen LogP contribution in [0, 0.1) is 0 Å². The molecule has 0 saturated heterocycles. The van der Waals surface area contributed by atoms with E-state index in [0.717, 1.165) is 0 Å². The number of carbonyl (C=O) groups excluding carboxylic acids is 2. The van der Waals surface area contributed by atoms with Gasteiger partial charge in [-0.25, -0.2) is 0 Å². The average Bonchev–Trinajstić information content (AvgIpc) is 3.47. The molecule has 0 aliphatic carbocycles. The summed E-state index contributed by atoms with van der Waals surface area (Å²) in [6, 6.07) is 12.2. The highest BCUT2D eigenvalue weighted by Crippen LogP contribution is 2.32. The Morgan fingerprint density at radius 3 is 2.82 bits per heavy atom. The van der Waals surface area contributed by atoms with Crippen LogP contribution in [-0.2, 0) is 17.9 Å². The highest BCUT2D eigenvalue weighted by atomic mass is 32.2. The van der Waals surface area contributed by atoms with Crippen molar-refractivity contribution in [1.29, 1.82) is 0 Å². The fraction of sp³-hybridized carbons (Fsp3) is 0.273. The van der Waals surface area contributed by atoms with E-state index >= 15 is 0 Å². The van der Waals surface area contributed by atoms with E-state index in [1.54, 1.807) is 49.6 Å². The van der Waals surface area contributed by atoms with Crippen molar-refractivity contribution >= 4 is 29.3 Å². The van der Waals surface area contributed by atoms with Gasteiger partial charge in [-0.2, -0.15) is 0 Å². The van der Waals surface area contributed by atoms with E-state index in [0.29, 0.717) is 46.0 Å². The number of benzene rings is 2. The number of hydrogen-bond donors (Lipinski definition) is 2. The molecular formula is C22H23N5O5S. The molecule has 0 radical (unpaired) electrons. The molecule has 11 heteroatoms. The highest BCUT2D eigenvalue weighted by Gasteiger charge is 2.18. The van der Waals surface area contributed by atoms with E-state index < -0.39 is 0 Å². The summed E-state index contributed by atoms with van der Waals surface area (Å²) >= 11 is 1.28. The van der Waals surface area contributed by atoms with E-state index in [4.69, 9.17) is 14.2 Å². The summed E-state index contributed by atoms with van der Waals surface area (Å²) in [6.07, 6.45) is 0. The SMILES string of the molecule is CCn1c(CNC(=O)c2ccc3c(c2)OCO3)nnc1SCC(=O)Nc1cccc(OC)c1. The number of ether oxygens (including phenoxy) is 3. The van der Waals surface area contributed by atoms with Gasteiger partial charge in [0.1, 0.15) is 5.75 Å². The van der Waals surface area contributed by atoms with Gasteiger partial charge >= 0.3 is 0 Å². The Labute approximate surface area is 194 Å². The Balaban J connectivity index is 1.32. The summed E-state index contributed by atoms with van der Waals surface area (Å²) in [5.74, 6) is 2.17. The predicted octanol–water partition coefficient (Wildman–Crippen LogP) is 2.70. The first-order valence-electron chi connectivity index (χ1n) is 10.2. The van der Waals surface area contributed by atoms with Crippen LogP contribution >= 0.6 is 11.8 Å². The number of anilines is 1. The zero-order chi connectivity index (χ0) is 23.2. The monoisotopic (exact) mass is 469 g/mol. The fourth-order valence-electron chi connectivity index (χ4n) is 3.20. The summed E-state index contributed by atoms with van der Waals surface area (Å²) in [7, 11) is 1.57. The van der Waals surface area contributed by atoms with Crippen molar-refractivity contribution in [2.24, 2.45) is 0 Å². The summed E-state index contributed by atoms with van der Waals surface area (Å²) in [5.41, 5.74) is 1.12. The van der Waals surface area contributed by atoms with Gasteiger partial charge in [-0.1, -0.05) is 17.8 Å². The van der Waals surface area contributed by atoms with Gasteiger partial charge in [-0.05, 0) is 37.3 Å². The standard InChI is InChI=1S/C22H23N5O5S/c1-3-27-19(11-23-21(29)14-7-8-17-18(9-14)32-13-31-17)25-26-22(27)33-12-20(28)24-15-5-4-6-16(10-15)30-2/h4-10H,3,11-13H2,1-2H3,(H,23,29)(H,24,28). The topological polar surface area (TPSA) is 117 Å². The minimum Gasteiger partial charge on any atom is -0.497 e. The van der Waals surface area contributed by atoms with Crippen LogP contribution in [0.25, 0.3) is 0 Å². The summed E-state index contributed by atoms with van der Waals surface area (Å²) in [6.45, 7) is 2.90. The molecule has 2 aromatic carbocycles. The van der Waals surface area contributed by atoms with Crippen LogP contribution in [0.1, 0.15) is 23.1 Å². The molecule has 0 atom stereocenters. The Morgan fingerprint density at radius 1 is 1.15 bits per heavy atom. The van der Waals surface area contributed by atoms with Crippen LogP contribution in [0.2, 0.25) is 0 Å². The molecule has 0 saturated carbocycles. The number of fused-ring (bicyclic) bond motifs is 1. The molecule has 0 spiro atoms. The number of thioether (sulfide) groups is 1. The van der Waals surface area contributed by atoms with Crippen LogP contribution in [0.15, 0.2) is 47.6 Å². The third kappa shape index (κ3) is 5.37. The van der Waals surface area contributed by atoms with Gasteiger partial charge in [0.05, 0.1) is 19.4 Å². The lowest BCUT2D eigenvalue weighted by molar-refractivity contribution is -0.113. The number of nitrogens with zero attached hydrogens (tertiary/aromatic N) is 3. The molecule has 1 aliphatic heterocycles. The minimum atomic E-state index is -0.258. The third-order valence-corrected chi connectivity index (χ3v) is 5.80. The van der Waals surface area contributed by atoms with Crippen LogP contribution in [0.4, 0.5) is 5.69 Å². The third-order valence-electron chi connectivity index (χ3n) is 4.84. The predicted molar refractivity (Wildman–Crippen MR) is 122 cm³/mol. The zero-order valence-electron chi connectivity index (χ0n) is 18.2. The van der Waals surface area contributed by atoms with E-state index in [1.165, 1.54) is 11.8 Å². The number of methoxy groups -OCH3 is 1. The largest absolute Gasteiger partial charge is 0.497 e. The Kier molecular flexibility index (Phi) is 6.98. The average molecular weight is 470 g/mol. The molecule has 4 rings (SSSR count). The molecule has 10 nitrogen and oxygen atoms in total. The van der Waals surface area contributed by atoms with Crippen LogP contribution in [-0.4, -0.2) is 46.2 Å². The van der Waals surface area contributed by atoms with Gasteiger partial charge in [0.15, 0.2) is 22.5 Å². The van der Waals surface area contributed by atoms with Crippen molar-refractivity contribution in [3.05, 3.63) is 53.9 Å². The first-order chi connectivity index (χ1) is 16.1. The lowest BCUT2D eigenvalue weighted by atomic mass is 10.2. The molecule has 2 amide bonds. The van der Waals surface area contributed by atoms with Gasteiger partial charge < -0.3 is 29.4 Å². The van der Waals surface area contributed by atoms with Crippen molar-refractivity contribution in [2.75, 3.05) is 25.0 Å². The highest BCUT2D eigenvalue weighted by molar-refractivity contribution is 7.99. The van der Waals surface area contributed by atoms with Crippen molar-refractivity contribution in [3.63, 3.8) is 0 Å². The van der Waals surface area contributed by atoms with E-state index in [-0.39, 0.29) is 30.9 Å². The maximum Gasteiger partial charge on any atom is 0.251 e. The minimum absolute atomic E-state index is 0.151. The zero-order valence-corrected chi connectivity index (χ0v) is 19.0. The number of nitrogens with one attached hydrogen (secondary N) is 2. The van der Waals surface area contributed by atoms with Crippen LogP contribution < -0.4 is 24.8 Å². The summed E-state index contributed by atoms with van der Waals surface area (Å²) in [5, 5.41) is 14.6. The Bertz CT molecular complexity index is 1170. The number of carbonyl (C=O) groups is 2. The molecule has 2 N–H and O–H groups in total. The second kappa shape index (κ2) is 10.3. The Morgan fingerprint density at radius 2 is 2.00 bits per heavy atom. The summed E-state index contributed by atoms with van der Waals surface area (Å²) in [4.78, 5) is 24.9. The maximum absolute atomic E-state index is 12.5. The van der Waals surface area contributed by atoms with Crippen LogP contribution in [0.3, 0.4) is 0 Å². The number of rotatable bonds is 9. The van der Waals surface area contributed by atoms with E-state index in [1.807, 2.05) is 11.5 Å². The number of aromatic nitrogens is 3. The number of hydrogen-bond acceptors (Lipinski definition) is 8. The molecule has 0 unspecified atom stereocenters. The van der Waals surface area contributed by atoms with Gasteiger partial charge in [0, 0.05) is 23.9 Å². The first kappa shape index (κ1) is 22.5. The molecule has 3 aromatic rings. The van der Waals surface area contributed by atoms with Crippen LogP contribution in [0.5, 0.6) is 17.2 Å². The van der Waals surface area contributed by atoms with E-state index in [2.05, 4.69) is 20.8 Å².